The number of carboxylic acid groups (broad SMARTS) is 1. The zero-order valence-corrected chi connectivity index (χ0v) is 21.6. The fourth-order valence-electron chi connectivity index (χ4n) is 3.72. The summed E-state index contributed by atoms with van der Waals surface area (Å²) in [4.78, 5) is 23.9. The van der Waals surface area contributed by atoms with Crippen LogP contribution in [0.5, 0.6) is 0 Å². The van der Waals surface area contributed by atoms with Gasteiger partial charge in [-0.05, 0) is 47.2 Å². The Morgan fingerprint density at radius 2 is 1.56 bits per heavy atom. The number of carboxylic acids is 1. The third-order valence-corrected chi connectivity index (χ3v) is 7.11. The van der Waals surface area contributed by atoms with E-state index in [9.17, 15) is 36.3 Å². The predicted octanol–water partition coefficient (Wildman–Crippen LogP) is 4.93. The molecular weight excluding hydrogens is 535 g/mol. The van der Waals surface area contributed by atoms with E-state index >= 15 is 0 Å². The minimum Gasteiger partial charge on any atom is -0.480 e. The van der Waals surface area contributed by atoms with Gasteiger partial charge >= 0.3 is 18.2 Å². The Morgan fingerprint density at radius 1 is 0.872 bits per heavy atom. The molecule has 4 N–H and O–H groups in total. The van der Waals surface area contributed by atoms with Gasteiger partial charge in [-0.3, -0.25) is 4.79 Å². The first-order valence-corrected chi connectivity index (χ1v) is 13.6. The maximum atomic E-state index is 12.3. The zero-order valence-electron chi connectivity index (χ0n) is 20.7. The van der Waals surface area contributed by atoms with Gasteiger partial charge in [0.15, 0.2) is 0 Å². The minimum atomic E-state index is -4.49. The van der Waals surface area contributed by atoms with Gasteiger partial charge in [0.05, 0.1) is 5.75 Å². The van der Waals surface area contributed by atoms with Crippen LogP contribution < -0.4 is 15.4 Å². The van der Waals surface area contributed by atoms with Crippen molar-refractivity contribution in [2.45, 2.75) is 38.0 Å². The topological polar surface area (TPSA) is 125 Å². The lowest BCUT2D eigenvalue weighted by molar-refractivity contribution is -0.139. The Labute approximate surface area is 224 Å². The second-order valence-corrected chi connectivity index (χ2v) is 10.7. The lowest BCUT2D eigenvalue weighted by Crippen LogP contribution is -2.43. The summed E-state index contributed by atoms with van der Waals surface area (Å²) in [5, 5.41) is 15.0. The summed E-state index contributed by atoms with van der Waals surface area (Å²) in [7, 11) is -4.22. The number of hydrogen-bond acceptors (Lipinski definition) is 4. The highest BCUT2D eigenvalue weighted by Crippen LogP contribution is 2.24. The highest BCUT2D eigenvalue weighted by molar-refractivity contribution is 7.89. The van der Waals surface area contributed by atoms with Gasteiger partial charge in [0.2, 0.25) is 10.0 Å². The molecule has 12 heteroatoms. The fourth-order valence-corrected chi connectivity index (χ4v) is 4.98. The summed E-state index contributed by atoms with van der Waals surface area (Å²) < 4.78 is 63.1. The van der Waals surface area contributed by atoms with E-state index in [1.165, 1.54) is 0 Å². The Hall–Kier alpha value is -3.90. The van der Waals surface area contributed by atoms with Gasteiger partial charge in [-0.1, -0.05) is 66.7 Å². The Bertz CT molecular complexity index is 1370. The minimum absolute atomic E-state index is 0.197. The zero-order chi connectivity index (χ0) is 28.5. The first kappa shape index (κ1) is 29.7. The van der Waals surface area contributed by atoms with Gasteiger partial charge in [-0.15, -0.1) is 0 Å². The molecule has 0 aliphatic rings. The van der Waals surface area contributed by atoms with Crippen molar-refractivity contribution in [3.63, 3.8) is 0 Å². The summed E-state index contributed by atoms with van der Waals surface area (Å²) in [6, 6.07) is 21.4. The smallest absolute Gasteiger partial charge is 0.389 e. The molecule has 0 aliphatic heterocycles. The number of nitrogens with one attached hydrogen (secondary N) is 3. The monoisotopic (exact) mass is 563 g/mol. The van der Waals surface area contributed by atoms with Crippen molar-refractivity contribution < 1.29 is 36.3 Å². The van der Waals surface area contributed by atoms with Crippen molar-refractivity contribution in [1.29, 1.82) is 0 Å². The molecule has 208 valence electrons. The molecule has 3 aromatic rings. The Morgan fingerprint density at radius 3 is 2.21 bits per heavy atom. The summed E-state index contributed by atoms with van der Waals surface area (Å²) in [6.07, 6.45) is -6.63. The van der Waals surface area contributed by atoms with Crippen molar-refractivity contribution >= 4 is 27.7 Å². The number of benzene rings is 3. The van der Waals surface area contributed by atoms with Gasteiger partial charge in [-0.25, -0.2) is 17.9 Å². The molecule has 0 radical (unpaired) electrons. The standard InChI is InChI=1S/C27H28F3N3O5S/c28-27(29,30)14-5-15-39(37,38)33-24(25(34)35)16-19-10-12-21(13-11-19)22-8-4-9-23(17-22)32-26(36)31-18-20-6-2-1-3-7-20/h1-4,6-13,17,24,33H,5,14-16,18H2,(H,34,35)(H2,31,32,36). The molecule has 0 heterocycles. The van der Waals surface area contributed by atoms with Crippen molar-refractivity contribution in [3.05, 3.63) is 90.0 Å². The third kappa shape index (κ3) is 10.4. The van der Waals surface area contributed by atoms with Crippen LogP contribution in [0.15, 0.2) is 78.9 Å². The van der Waals surface area contributed by atoms with Crippen LogP contribution in [0.2, 0.25) is 0 Å². The van der Waals surface area contributed by atoms with E-state index in [1.807, 2.05) is 41.1 Å². The number of hydrogen-bond donors (Lipinski definition) is 4. The number of anilines is 1. The van der Waals surface area contributed by atoms with E-state index in [1.54, 1.807) is 42.5 Å². The molecule has 0 saturated carbocycles. The molecule has 0 fully saturated rings. The van der Waals surface area contributed by atoms with Crippen molar-refractivity contribution in [3.8, 4) is 11.1 Å². The number of rotatable bonds is 12. The number of amides is 2. The molecule has 0 saturated heterocycles. The summed E-state index contributed by atoms with van der Waals surface area (Å²) in [5.41, 5.74) is 3.59. The van der Waals surface area contributed by atoms with Gasteiger partial charge in [0, 0.05) is 18.7 Å². The lowest BCUT2D eigenvalue weighted by atomic mass is 10.0. The maximum Gasteiger partial charge on any atom is 0.389 e. The summed E-state index contributed by atoms with van der Waals surface area (Å²) in [6.45, 7) is 0.370. The van der Waals surface area contributed by atoms with Crippen LogP contribution in [0.4, 0.5) is 23.7 Å². The van der Waals surface area contributed by atoms with E-state index < -0.39 is 46.8 Å². The lowest BCUT2D eigenvalue weighted by Gasteiger charge is -2.15. The molecule has 0 aromatic heterocycles. The quantitative estimate of drug-likeness (QED) is 0.249. The molecule has 0 aliphatic carbocycles. The second-order valence-electron chi connectivity index (χ2n) is 8.82. The van der Waals surface area contributed by atoms with Crippen LogP contribution in [0, 0.1) is 0 Å². The SMILES string of the molecule is O=C(NCc1ccccc1)Nc1cccc(-c2ccc(CC(NS(=O)(=O)CCCC(F)(F)F)C(=O)O)cc2)c1. The van der Waals surface area contributed by atoms with E-state index in [2.05, 4.69) is 10.6 Å². The fraction of sp³-hybridized carbons (Fsp3) is 0.259. The number of carbonyl (C=O) groups is 2. The molecule has 39 heavy (non-hydrogen) atoms. The predicted molar refractivity (Wildman–Crippen MR) is 142 cm³/mol. The number of halogens is 3. The molecule has 3 aromatic carbocycles. The molecular formula is C27H28F3N3O5S. The van der Waals surface area contributed by atoms with Gasteiger partial charge in [-0.2, -0.15) is 13.2 Å². The average molecular weight is 564 g/mol. The number of sulfonamides is 1. The normalized spacial score (nSPS) is 12.5. The van der Waals surface area contributed by atoms with Gasteiger partial charge in [0.1, 0.15) is 6.04 Å². The number of alkyl halides is 3. The van der Waals surface area contributed by atoms with Crippen molar-refractivity contribution in [1.82, 2.24) is 10.0 Å². The Kier molecular flexibility index (Phi) is 10.1. The van der Waals surface area contributed by atoms with Crippen LogP contribution in [0.25, 0.3) is 11.1 Å². The summed E-state index contributed by atoms with van der Waals surface area (Å²) >= 11 is 0. The molecule has 3 rings (SSSR count). The van der Waals surface area contributed by atoms with Crippen LogP contribution in [0.1, 0.15) is 24.0 Å². The average Bonchev–Trinajstić information content (AvgIpc) is 2.87. The van der Waals surface area contributed by atoms with E-state index in [-0.39, 0.29) is 12.5 Å². The number of urea groups is 1. The Balaban J connectivity index is 1.59. The molecule has 2 amide bonds. The second kappa shape index (κ2) is 13.3. The molecule has 1 atom stereocenters. The van der Waals surface area contributed by atoms with E-state index in [4.69, 9.17) is 0 Å². The maximum absolute atomic E-state index is 12.3. The molecule has 1 unspecified atom stereocenters. The van der Waals surface area contributed by atoms with Crippen LogP contribution in [0.3, 0.4) is 0 Å². The molecule has 0 bridgehead atoms. The molecule has 8 nitrogen and oxygen atoms in total. The number of aliphatic carboxylic acids is 1. The summed E-state index contributed by atoms with van der Waals surface area (Å²) in [5.74, 6) is -2.27. The highest BCUT2D eigenvalue weighted by atomic mass is 32.2. The van der Waals surface area contributed by atoms with Crippen LogP contribution in [-0.2, 0) is 27.8 Å². The van der Waals surface area contributed by atoms with Crippen LogP contribution in [-0.4, -0.2) is 43.5 Å². The van der Waals surface area contributed by atoms with Crippen molar-refractivity contribution in [2.75, 3.05) is 11.1 Å². The van der Waals surface area contributed by atoms with E-state index in [0.29, 0.717) is 17.8 Å². The third-order valence-electron chi connectivity index (χ3n) is 5.64. The largest absolute Gasteiger partial charge is 0.480 e. The van der Waals surface area contributed by atoms with E-state index in [0.717, 1.165) is 16.7 Å². The van der Waals surface area contributed by atoms with Crippen molar-refractivity contribution in [2.24, 2.45) is 0 Å². The van der Waals surface area contributed by atoms with Gasteiger partial charge < -0.3 is 15.7 Å². The molecule has 0 spiro atoms. The first-order chi connectivity index (χ1) is 18.4. The first-order valence-electron chi connectivity index (χ1n) is 12.0. The number of carbonyl (C=O) groups excluding carboxylic acids is 1. The highest BCUT2D eigenvalue weighted by Gasteiger charge is 2.29. The van der Waals surface area contributed by atoms with Crippen LogP contribution >= 0.6 is 0 Å². The van der Waals surface area contributed by atoms with Gasteiger partial charge in [0.25, 0.3) is 0 Å².